The van der Waals surface area contributed by atoms with Crippen molar-refractivity contribution < 1.29 is 8.42 Å². The molecule has 0 aliphatic carbocycles. The van der Waals surface area contributed by atoms with Crippen LogP contribution in [-0.2, 0) is 9.84 Å². The first-order valence-electron chi connectivity index (χ1n) is 6.77. The Morgan fingerprint density at radius 1 is 1.42 bits per heavy atom. The summed E-state index contributed by atoms with van der Waals surface area (Å²) in [6, 6.07) is 3.77. The Balaban J connectivity index is 1.92. The van der Waals surface area contributed by atoms with Gasteiger partial charge < -0.3 is 10.6 Å². The van der Waals surface area contributed by atoms with E-state index in [0.29, 0.717) is 12.3 Å². The SMILES string of the molecule is CCCNc1cc(NCC2CCCS2(=O)=O)ccn1. The molecule has 0 bridgehead atoms. The van der Waals surface area contributed by atoms with Crippen LogP contribution in [0, 0.1) is 0 Å². The molecule has 1 aliphatic rings. The number of nitrogens with zero attached hydrogens (tertiary/aromatic N) is 1. The number of pyridine rings is 1. The van der Waals surface area contributed by atoms with E-state index < -0.39 is 9.84 Å². The molecule has 2 heterocycles. The molecule has 1 aromatic rings. The first-order valence-corrected chi connectivity index (χ1v) is 8.49. The van der Waals surface area contributed by atoms with Gasteiger partial charge in [-0.3, -0.25) is 0 Å². The van der Waals surface area contributed by atoms with E-state index in [9.17, 15) is 8.42 Å². The van der Waals surface area contributed by atoms with Gasteiger partial charge in [0.1, 0.15) is 5.82 Å². The van der Waals surface area contributed by atoms with Crippen LogP contribution >= 0.6 is 0 Å². The van der Waals surface area contributed by atoms with Crippen LogP contribution in [-0.4, -0.2) is 37.5 Å². The van der Waals surface area contributed by atoms with E-state index in [1.165, 1.54) is 0 Å². The summed E-state index contributed by atoms with van der Waals surface area (Å²) < 4.78 is 23.5. The zero-order valence-electron chi connectivity index (χ0n) is 11.2. The van der Waals surface area contributed by atoms with Gasteiger partial charge in [0.2, 0.25) is 0 Å². The number of rotatable bonds is 6. The third-order valence-electron chi connectivity index (χ3n) is 3.31. The molecule has 1 aromatic heterocycles. The third-order valence-corrected chi connectivity index (χ3v) is 5.59. The van der Waals surface area contributed by atoms with E-state index in [4.69, 9.17) is 0 Å². The van der Waals surface area contributed by atoms with E-state index in [0.717, 1.165) is 37.3 Å². The quantitative estimate of drug-likeness (QED) is 0.834. The van der Waals surface area contributed by atoms with Crippen LogP contribution in [0.1, 0.15) is 26.2 Å². The van der Waals surface area contributed by atoms with Gasteiger partial charge in [-0.15, -0.1) is 0 Å². The fourth-order valence-corrected chi connectivity index (χ4v) is 3.97. The topological polar surface area (TPSA) is 71.1 Å². The summed E-state index contributed by atoms with van der Waals surface area (Å²) in [5, 5.41) is 6.17. The Morgan fingerprint density at radius 2 is 2.26 bits per heavy atom. The van der Waals surface area contributed by atoms with Crippen LogP contribution in [0.25, 0.3) is 0 Å². The van der Waals surface area contributed by atoms with Crippen LogP contribution < -0.4 is 10.6 Å². The molecule has 1 aliphatic heterocycles. The Bertz CT molecular complexity index is 516. The van der Waals surface area contributed by atoms with Gasteiger partial charge in [-0.1, -0.05) is 6.92 Å². The number of anilines is 2. The summed E-state index contributed by atoms with van der Waals surface area (Å²) >= 11 is 0. The Labute approximate surface area is 114 Å². The number of hydrogen-bond acceptors (Lipinski definition) is 5. The smallest absolute Gasteiger partial charge is 0.154 e. The largest absolute Gasteiger partial charge is 0.384 e. The predicted molar refractivity (Wildman–Crippen MR) is 78.3 cm³/mol. The molecule has 5 nitrogen and oxygen atoms in total. The Morgan fingerprint density at radius 3 is 2.95 bits per heavy atom. The van der Waals surface area contributed by atoms with E-state index in [2.05, 4.69) is 22.5 Å². The van der Waals surface area contributed by atoms with E-state index in [-0.39, 0.29) is 5.25 Å². The van der Waals surface area contributed by atoms with Crippen molar-refractivity contribution in [3.05, 3.63) is 18.3 Å². The van der Waals surface area contributed by atoms with Gasteiger partial charge in [-0.05, 0) is 25.3 Å². The minimum absolute atomic E-state index is 0.243. The molecule has 1 fully saturated rings. The van der Waals surface area contributed by atoms with Gasteiger partial charge in [-0.2, -0.15) is 0 Å². The Kier molecular flexibility index (Phi) is 4.63. The van der Waals surface area contributed by atoms with E-state index in [1.807, 2.05) is 12.1 Å². The van der Waals surface area contributed by atoms with E-state index in [1.54, 1.807) is 6.20 Å². The molecule has 106 valence electrons. The highest BCUT2D eigenvalue weighted by molar-refractivity contribution is 7.92. The fraction of sp³-hybridized carbons (Fsp3) is 0.615. The van der Waals surface area contributed by atoms with Crippen molar-refractivity contribution in [2.45, 2.75) is 31.4 Å². The fourth-order valence-electron chi connectivity index (χ4n) is 2.21. The summed E-state index contributed by atoms with van der Waals surface area (Å²) in [5.41, 5.74) is 0.913. The molecule has 0 aromatic carbocycles. The van der Waals surface area contributed by atoms with Crippen LogP contribution in [0.4, 0.5) is 11.5 Å². The van der Waals surface area contributed by atoms with Gasteiger partial charge in [0.15, 0.2) is 9.84 Å². The number of sulfone groups is 1. The average Bonchev–Trinajstić information content (AvgIpc) is 2.73. The zero-order valence-corrected chi connectivity index (χ0v) is 12.0. The average molecular weight is 283 g/mol. The molecular weight excluding hydrogens is 262 g/mol. The molecule has 2 N–H and O–H groups in total. The summed E-state index contributed by atoms with van der Waals surface area (Å²) in [6.45, 7) is 3.47. The lowest BCUT2D eigenvalue weighted by atomic mass is 10.2. The van der Waals surface area contributed by atoms with Gasteiger partial charge >= 0.3 is 0 Å². The van der Waals surface area contributed by atoms with Gasteiger partial charge in [0.05, 0.1) is 11.0 Å². The van der Waals surface area contributed by atoms with Crippen molar-refractivity contribution in [1.29, 1.82) is 0 Å². The van der Waals surface area contributed by atoms with Crippen LogP contribution in [0.5, 0.6) is 0 Å². The lowest BCUT2D eigenvalue weighted by Gasteiger charge is -2.12. The van der Waals surface area contributed by atoms with Crippen molar-refractivity contribution in [3.8, 4) is 0 Å². The van der Waals surface area contributed by atoms with Crippen molar-refractivity contribution in [3.63, 3.8) is 0 Å². The summed E-state index contributed by atoms with van der Waals surface area (Å²) in [7, 11) is -2.88. The van der Waals surface area contributed by atoms with Crippen molar-refractivity contribution in [1.82, 2.24) is 4.98 Å². The van der Waals surface area contributed by atoms with Crippen molar-refractivity contribution >= 4 is 21.3 Å². The molecule has 2 rings (SSSR count). The molecule has 1 unspecified atom stereocenters. The summed E-state index contributed by atoms with van der Waals surface area (Å²) in [4.78, 5) is 4.22. The van der Waals surface area contributed by atoms with Gasteiger partial charge in [0, 0.05) is 31.0 Å². The first-order chi connectivity index (χ1) is 9.12. The normalized spacial score (nSPS) is 21.2. The monoisotopic (exact) mass is 283 g/mol. The maximum absolute atomic E-state index is 11.7. The molecule has 0 saturated carbocycles. The highest BCUT2D eigenvalue weighted by Crippen LogP contribution is 2.21. The van der Waals surface area contributed by atoms with Crippen LogP contribution in [0.3, 0.4) is 0 Å². The first kappa shape index (κ1) is 14.1. The highest BCUT2D eigenvalue weighted by Gasteiger charge is 2.30. The molecular formula is C13H21N3O2S. The molecule has 1 saturated heterocycles. The van der Waals surface area contributed by atoms with Crippen molar-refractivity contribution in [2.75, 3.05) is 29.5 Å². The highest BCUT2D eigenvalue weighted by atomic mass is 32.2. The van der Waals surface area contributed by atoms with E-state index >= 15 is 0 Å². The second-order valence-corrected chi connectivity index (χ2v) is 7.27. The lowest BCUT2D eigenvalue weighted by molar-refractivity contribution is 0.591. The molecule has 0 amide bonds. The second kappa shape index (κ2) is 6.23. The summed E-state index contributed by atoms with van der Waals surface area (Å²) in [6.07, 6.45) is 4.32. The molecule has 1 atom stereocenters. The second-order valence-electron chi connectivity index (χ2n) is 4.87. The molecule has 0 radical (unpaired) electrons. The lowest BCUT2D eigenvalue weighted by Crippen LogP contribution is -2.25. The number of nitrogens with one attached hydrogen (secondary N) is 2. The Hall–Kier alpha value is -1.30. The van der Waals surface area contributed by atoms with Crippen molar-refractivity contribution in [2.24, 2.45) is 0 Å². The predicted octanol–water partition coefficient (Wildman–Crippen LogP) is 1.89. The molecule has 0 spiro atoms. The minimum atomic E-state index is -2.88. The van der Waals surface area contributed by atoms with Gasteiger partial charge in [0.25, 0.3) is 0 Å². The minimum Gasteiger partial charge on any atom is -0.384 e. The molecule has 6 heteroatoms. The number of hydrogen-bond donors (Lipinski definition) is 2. The number of aromatic nitrogens is 1. The maximum atomic E-state index is 11.7. The zero-order chi connectivity index (χ0) is 13.7. The maximum Gasteiger partial charge on any atom is 0.154 e. The standard InChI is InChI=1S/C13H21N3O2S/c1-2-6-14-13-9-11(5-7-15-13)16-10-12-4-3-8-19(12,17)18/h5,7,9,12H,2-4,6,8,10H2,1H3,(H2,14,15,16). The molecule has 19 heavy (non-hydrogen) atoms. The van der Waals surface area contributed by atoms with Gasteiger partial charge in [-0.25, -0.2) is 13.4 Å². The third kappa shape index (κ3) is 3.83. The van der Waals surface area contributed by atoms with Crippen LogP contribution in [0.15, 0.2) is 18.3 Å². The summed E-state index contributed by atoms with van der Waals surface area (Å²) in [5.74, 6) is 1.15. The van der Waals surface area contributed by atoms with Crippen LogP contribution in [0.2, 0.25) is 0 Å².